The number of amides is 1. The van der Waals surface area contributed by atoms with Gasteiger partial charge in [-0.3, -0.25) is 4.79 Å². The molecule has 1 aliphatic heterocycles. The van der Waals surface area contributed by atoms with Crippen LogP contribution in [0.3, 0.4) is 0 Å². The summed E-state index contributed by atoms with van der Waals surface area (Å²) in [5.74, 6) is 0.866. The molecule has 16 heavy (non-hydrogen) atoms. The van der Waals surface area contributed by atoms with E-state index in [0.29, 0.717) is 6.42 Å². The highest BCUT2D eigenvalue weighted by Gasteiger charge is 2.21. The molecular weight excluding hydrogens is 202 g/mol. The SMILES string of the molecule is CCCC1CC(=O)Nc2c(C)ccnc2N1. The van der Waals surface area contributed by atoms with Gasteiger partial charge in [-0.25, -0.2) is 4.98 Å². The van der Waals surface area contributed by atoms with Gasteiger partial charge in [-0.05, 0) is 25.0 Å². The van der Waals surface area contributed by atoms with Gasteiger partial charge in [0.15, 0.2) is 0 Å². The smallest absolute Gasteiger partial charge is 0.226 e. The van der Waals surface area contributed by atoms with E-state index in [0.717, 1.165) is 29.9 Å². The van der Waals surface area contributed by atoms with Crippen LogP contribution in [-0.4, -0.2) is 16.9 Å². The van der Waals surface area contributed by atoms with Gasteiger partial charge in [0.1, 0.15) is 5.82 Å². The minimum atomic E-state index is 0.0702. The van der Waals surface area contributed by atoms with Gasteiger partial charge in [0.25, 0.3) is 0 Å². The summed E-state index contributed by atoms with van der Waals surface area (Å²) < 4.78 is 0. The maximum atomic E-state index is 11.7. The van der Waals surface area contributed by atoms with Gasteiger partial charge in [-0.2, -0.15) is 0 Å². The van der Waals surface area contributed by atoms with E-state index in [9.17, 15) is 4.79 Å². The van der Waals surface area contributed by atoms with Gasteiger partial charge in [-0.15, -0.1) is 0 Å². The molecule has 0 spiro atoms. The number of hydrogen-bond donors (Lipinski definition) is 2. The van der Waals surface area contributed by atoms with E-state index in [1.54, 1.807) is 6.20 Å². The number of anilines is 2. The standard InChI is InChI=1S/C12H17N3O/c1-3-4-9-7-10(16)15-11-8(2)5-6-13-12(11)14-9/h5-6,9H,3-4,7H2,1-2H3,(H,13,14)(H,15,16). The monoisotopic (exact) mass is 219 g/mol. The van der Waals surface area contributed by atoms with Crippen LogP contribution in [0.25, 0.3) is 0 Å². The largest absolute Gasteiger partial charge is 0.365 e. The van der Waals surface area contributed by atoms with Crippen molar-refractivity contribution in [3.63, 3.8) is 0 Å². The molecule has 1 aliphatic rings. The summed E-state index contributed by atoms with van der Waals surface area (Å²) in [6.07, 6.45) is 4.33. The van der Waals surface area contributed by atoms with E-state index in [4.69, 9.17) is 0 Å². The lowest BCUT2D eigenvalue weighted by Crippen LogP contribution is -2.22. The number of aryl methyl sites for hydroxylation is 1. The van der Waals surface area contributed by atoms with Gasteiger partial charge in [0, 0.05) is 18.7 Å². The molecule has 86 valence electrons. The van der Waals surface area contributed by atoms with Crippen LogP contribution in [0, 0.1) is 6.92 Å². The lowest BCUT2D eigenvalue weighted by atomic mass is 10.1. The number of hydrogen-bond acceptors (Lipinski definition) is 3. The number of nitrogens with zero attached hydrogens (tertiary/aromatic N) is 1. The van der Waals surface area contributed by atoms with E-state index in [1.807, 2.05) is 13.0 Å². The zero-order valence-electron chi connectivity index (χ0n) is 9.71. The Balaban J connectivity index is 2.31. The van der Waals surface area contributed by atoms with Gasteiger partial charge >= 0.3 is 0 Å². The van der Waals surface area contributed by atoms with Crippen LogP contribution >= 0.6 is 0 Å². The van der Waals surface area contributed by atoms with Crippen molar-refractivity contribution in [2.45, 2.75) is 39.2 Å². The average molecular weight is 219 g/mol. The second-order valence-corrected chi connectivity index (χ2v) is 4.23. The van der Waals surface area contributed by atoms with Gasteiger partial charge in [-0.1, -0.05) is 13.3 Å². The molecule has 2 rings (SSSR count). The zero-order chi connectivity index (χ0) is 11.5. The van der Waals surface area contributed by atoms with E-state index in [1.165, 1.54) is 0 Å². The Hall–Kier alpha value is -1.58. The molecule has 0 radical (unpaired) electrons. The Bertz CT molecular complexity index is 403. The molecule has 0 fully saturated rings. The Morgan fingerprint density at radius 3 is 3.12 bits per heavy atom. The maximum absolute atomic E-state index is 11.7. The van der Waals surface area contributed by atoms with Crippen LogP contribution < -0.4 is 10.6 Å². The lowest BCUT2D eigenvalue weighted by Gasteiger charge is -2.15. The highest BCUT2D eigenvalue weighted by atomic mass is 16.1. The van der Waals surface area contributed by atoms with E-state index in [-0.39, 0.29) is 11.9 Å². The van der Waals surface area contributed by atoms with Gasteiger partial charge in [0.2, 0.25) is 5.91 Å². The summed E-state index contributed by atoms with van der Waals surface area (Å²) >= 11 is 0. The van der Waals surface area contributed by atoms with E-state index >= 15 is 0 Å². The molecule has 4 nitrogen and oxygen atoms in total. The van der Waals surface area contributed by atoms with E-state index in [2.05, 4.69) is 22.5 Å². The van der Waals surface area contributed by atoms with Crippen molar-refractivity contribution in [1.82, 2.24) is 4.98 Å². The number of carbonyl (C=O) groups excluding carboxylic acids is 1. The zero-order valence-corrected chi connectivity index (χ0v) is 9.71. The summed E-state index contributed by atoms with van der Waals surface area (Å²) in [5.41, 5.74) is 1.87. The van der Waals surface area contributed by atoms with Crippen molar-refractivity contribution in [1.29, 1.82) is 0 Å². The fourth-order valence-corrected chi connectivity index (χ4v) is 2.01. The van der Waals surface area contributed by atoms with Gasteiger partial charge in [0.05, 0.1) is 5.69 Å². The third-order valence-corrected chi connectivity index (χ3v) is 2.83. The van der Waals surface area contributed by atoms with Crippen molar-refractivity contribution in [2.24, 2.45) is 0 Å². The van der Waals surface area contributed by atoms with Crippen LogP contribution in [0.1, 0.15) is 31.7 Å². The van der Waals surface area contributed by atoms with Crippen molar-refractivity contribution in [3.05, 3.63) is 17.8 Å². The van der Waals surface area contributed by atoms with Crippen LogP contribution in [0.5, 0.6) is 0 Å². The first-order valence-corrected chi connectivity index (χ1v) is 5.72. The van der Waals surface area contributed by atoms with Crippen molar-refractivity contribution in [3.8, 4) is 0 Å². The molecule has 1 amide bonds. The number of aromatic nitrogens is 1. The minimum Gasteiger partial charge on any atom is -0.365 e. The number of rotatable bonds is 2. The molecule has 4 heteroatoms. The highest BCUT2D eigenvalue weighted by molar-refractivity contribution is 5.96. The molecule has 2 N–H and O–H groups in total. The van der Waals surface area contributed by atoms with Crippen molar-refractivity contribution >= 4 is 17.4 Å². The summed E-state index contributed by atoms with van der Waals surface area (Å²) in [7, 11) is 0. The first-order valence-electron chi connectivity index (χ1n) is 5.72. The van der Waals surface area contributed by atoms with Crippen LogP contribution in [0.15, 0.2) is 12.3 Å². The molecule has 2 heterocycles. The predicted octanol–water partition coefficient (Wildman–Crippen LogP) is 2.31. The van der Waals surface area contributed by atoms with Crippen molar-refractivity contribution < 1.29 is 4.79 Å². The third kappa shape index (κ3) is 2.15. The molecule has 1 aromatic heterocycles. The number of fused-ring (bicyclic) bond motifs is 1. The summed E-state index contributed by atoms with van der Waals surface area (Å²) in [4.78, 5) is 16.0. The summed E-state index contributed by atoms with van der Waals surface area (Å²) in [6.45, 7) is 4.09. The molecular formula is C12H17N3O. The Kier molecular flexibility index (Phi) is 3.08. The molecule has 0 saturated heterocycles. The maximum Gasteiger partial charge on any atom is 0.226 e. The number of nitrogens with one attached hydrogen (secondary N) is 2. The first kappa shape index (κ1) is 10.9. The predicted molar refractivity (Wildman–Crippen MR) is 64.5 cm³/mol. The molecule has 0 saturated carbocycles. The molecule has 0 aliphatic carbocycles. The summed E-state index contributed by atoms with van der Waals surface area (Å²) in [5, 5.41) is 6.25. The normalized spacial score (nSPS) is 19.4. The third-order valence-electron chi connectivity index (χ3n) is 2.83. The minimum absolute atomic E-state index is 0.0702. The Morgan fingerprint density at radius 2 is 2.38 bits per heavy atom. The molecule has 1 atom stereocenters. The van der Waals surface area contributed by atoms with Crippen molar-refractivity contribution in [2.75, 3.05) is 10.6 Å². The highest BCUT2D eigenvalue weighted by Crippen LogP contribution is 2.27. The average Bonchev–Trinajstić information content (AvgIpc) is 2.38. The quantitative estimate of drug-likeness (QED) is 0.802. The van der Waals surface area contributed by atoms with Crippen LogP contribution in [-0.2, 0) is 4.79 Å². The van der Waals surface area contributed by atoms with Crippen LogP contribution in [0.4, 0.5) is 11.5 Å². The van der Waals surface area contributed by atoms with Crippen LogP contribution in [0.2, 0.25) is 0 Å². The first-order chi connectivity index (χ1) is 7.70. The Labute approximate surface area is 95.5 Å². The number of carbonyl (C=O) groups is 1. The molecule has 0 aromatic carbocycles. The summed E-state index contributed by atoms with van der Waals surface area (Å²) in [6, 6.07) is 2.10. The molecule has 1 unspecified atom stereocenters. The molecule has 1 aromatic rings. The fraction of sp³-hybridized carbons (Fsp3) is 0.500. The fourth-order valence-electron chi connectivity index (χ4n) is 2.01. The lowest BCUT2D eigenvalue weighted by molar-refractivity contribution is -0.116. The van der Waals surface area contributed by atoms with Gasteiger partial charge < -0.3 is 10.6 Å². The second kappa shape index (κ2) is 4.51. The van der Waals surface area contributed by atoms with E-state index < -0.39 is 0 Å². The Morgan fingerprint density at radius 1 is 1.56 bits per heavy atom. The number of pyridine rings is 1. The second-order valence-electron chi connectivity index (χ2n) is 4.23. The topological polar surface area (TPSA) is 54.0 Å². The molecule has 0 bridgehead atoms.